The van der Waals surface area contributed by atoms with Crippen LogP contribution in [0.5, 0.6) is 5.19 Å². The fraction of sp³-hybridized carbons (Fsp3) is 0.385. The molecule has 0 spiro atoms. The van der Waals surface area contributed by atoms with Crippen LogP contribution < -0.4 is 10.1 Å². The van der Waals surface area contributed by atoms with Crippen LogP contribution >= 0.6 is 22.7 Å². The Hall–Kier alpha value is -1.60. The zero-order valence-electron chi connectivity index (χ0n) is 10.8. The number of hydrogen-bond acceptors (Lipinski definition) is 5. The highest BCUT2D eigenvalue weighted by molar-refractivity contribution is 7.11. The van der Waals surface area contributed by atoms with Gasteiger partial charge in [-0.05, 0) is 11.4 Å². The van der Waals surface area contributed by atoms with Gasteiger partial charge in [0.15, 0.2) is 0 Å². The van der Waals surface area contributed by atoms with Crippen molar-refractivity contribution in [3.63, 3.8) is 0 Å². The fourth-order valence-corrected chi connectivity index (χ4v) is 3.30. The van der Waals surface area contributed by atoms with Crippen LogP contribution in [-0.4, -0.2) is 35.1 Å². The van der Waals surface area contributed by atoms with Gasteiger partial charge in [0.25, 0.3) is 5.19 Å². The van der Waals surface area contributed by atoms with E-state index in [1.54, 1.807) is 22.4 Å². The van der Waals surface area contributed by atoms with E-state index in [0.717, 1.165) is 17.8 Å². The van der Waals surface area contributed by atoms with Crippen LogP contribution in [-0.2, 0) is 6.54 Å². The molecule has 5 nitrogen and oxygen atoms in total. The third kappa shape index (κ3) is 3.29. The van der Waals surface area contributed by atoms with Crippen LogP contribution in [0.4, 0.5) is 4.79 Å². The van der Waals surface area contributed by atoms with Gasteiger partial charge in [-0.1, -0.05) is 17.4 Å². The van der Waals surface area contributed by atoms with Crippen LogP contribution in [0, 0.1) is 0 Å². The quantitative estimate of drug-likeness (QED) is 0.944. The van der Waals surface area contributed by atoms with Crippen molar-refractivity contribution in [2.45, 2.75) is 19.1 Å². The summed E-state index contributed by atoms with van der Waals surface area (Å²) in [5, 5.41) is 7.51. The Morgan fingerprint density at radius 1 is 1.50 bits per heavy atom. The molecule has 20 heavy (non-hydrogen) atoms. The lowest BCUT2D eigenvalue weighted by Gasteiger charge is -2.17. The van der Waals surface area contributed by atoms with E-state index in [1.165, 1.54) is 11.3 Å². The Labute approximate surface area is 125 Å². The number of amides is 2. The van der Waals surface area contributed by atoms with Crippen molar-refractivity contribution in [1.29, 1.82) is 0 Å². The van der Waals surface area contributed by atoms with E-state index in [9.17, 15) is 4.79 Å². The van der Waals surface area contributed by atoms with Crippen LogP contribution in [0.1, 0.15) is 11.3 Å². The molecule has 1 aliphatic rings. The van der Waals surface area contributed by atoms with Crippen molar-refractivity contribution in [3.05, 3.63) is 34.0 Å². The van der Waals surface area contributed by atoms with Crippen molar-refractivity contribution >= 4 is 28.7 Å². The summed E-state index contributed by atoms with van der Waals surface area (Å²) in [5.74, 6) is 0. The minimum atomic E-state index is -0.0244. The number of ether oxygens (including phenoxy) is 1. The van der Waals surface area contributed by atoms with E-state index in [-0.39, 0.29) is 12.1 Å². The molecule has 0 radical (unpaired) electrons. The molecule has 1 unspecified atom stereocenters. The minimum Gasteiger partial charge on any atom is -0.465 e. The molecule has 0 aromatic carbocycles. The average molecular weight is 309 g/mol. The van der Waals surface area contributed by atoms with Crippen molar-refractivity contribution in [1.82, 2.24) is 15.2 Å². The topological polar surface area (TPSA) is 54.5 Å². The van der Waals surface area contributed by atoms with Crippen LogP contribution in [0.25, 0.3) is 0 Å². The maximum Gasteiger partial charge on any atom is 0.317 e. The second-order valence-corrected chi connectivity index (χ2v) is 6.40. The molecule has 1 atom stereocenters. The van der Waals surface area contributed by atoms with Gasteiger partial charge < -0.3 is 15.0 Å². The maximum atomic E-state index is 12.0. The SMILES string of the molecule is O=C(NCc1cccs1)N1CCC(Oc2nccs2)C1. The largest absolute Gasteiger partial charge is 0.465 e. The second-order valence-electron chi connectivity index (χ2n) is 4.51. The number of urea groups is 1. The summed E-state index contributed by atoms with van der Waals surface area (Å²) < 4.78 is 5.73. The van der Waals surface area contributed by atoms with Crippen molar-refractivity contribution in [2.75, 3.05) is 13.1 Å². The Balaban J connectivity index is 1.45. The van der Waals surface area contributed by atoms with Crippen molar-refractivity contribution in [3.8, 4) is 5.19 Å². The lowest BCUT2D eigenvalue weighted by Crippen LogP contribution is -2.38. The molecule has 0 bridgehead atoms. The first-order chi connectivity index (χ1) is 9.81. The Kier molecular flexibility index (Phi) is 4.17. The second kappa shape index (κ2) is 6.23. The number of nitrogens with zero attached hydrogens (tertiary/aromatic N) is 2. The monoisotopic (exact) mass is 309 g/mol. The molecule has 106 valence electrons. The summed E-state index contributed by atoms with van der Waals surface area (Å²) in [6.45, 7) is 1.94. The van der Waals surface area contributed by atoms with E-state index in [0.29, 0.717) is 18.3 Å². The summed E-state index contributed by atoms with van der Waals surface area (Å²) >= 11 is 3.12. The van der Waals surface area contributed by atoms with E-state index in [1.807, 2.05) is 22.9 Å². The predicted octanol–water partition coefficient (Wildman–Crippen LogP) is 2.57. The summed E-state index contributed by atoms with van der Waals surface area (Å²) in [6.07, 6.45) is 2.63. The molecule has 1 saturated heterocycles. The lowest BCUT2D eigenvalue weighted by molar-refractivity contribution is 0.186. The molecule has 1 aliphatic heterocycles. The van der Waals surface area contributed by atoms with Gasteiger partial charge in [0, 0.05) is 29.4 Å². The van der Waals surface area contributed by atoms with E-state index in [2.05, 4.69) is 10.3 Å². The molecule has 3 rings (SSSR count). The zero-order chi connectivity index (χ0) is 13.8. The number of rotatable bonds is 4. The van der Waals surface area contributed by atoms with Gasteiger partial charge >= 0.3 is 6.03 Å². The fourth-order valence-electron chi connectivity index (χ4n) is 2.11. The first-order valence-corrected chi connectivity index (χ1v) is 8.18. The standard InChI is InChI=1S/C13H15N3O2S2/c17-12(15-8-11-2-1-6-19-11)16-5-3-10(9-16)18-13-14-4-7-20-13/h1-2,4,6-7,10H,3,5,8-9H2,(H,15,17). The molecule has 2 aromatic heterocycles. The number of thiazole rings is 1. The first-order valence-electron chi connectivity index (χ1n) is 6.42. The number of carbonyl (C=O) groups excluding carboxylic acids is 1. The zero-order valence-corrected chi connectivity index (χ0v) is 12.5. The maximum absolute atomic E-state index is 12.0. The molecule has 0 saturated carbocycles. The third-order valence-electron chi connectivity index (χ3n) is 3.10. The predicted molar refractivity (Wildman–Crippen MR) is 79.3 cm³/mol. The molecule has 0 aliphatic carbocycles. The third-order valence-corrected chi connectivity index (χ3v) is 4.64. The summed E-state index contributed by atoms with van der Waals surface area (Å²) in [6, 6.07) is 3.98. The van der Waals surface area contributed by atoms with Crippen LogP contribution in [0.2, 0.25) is 0 Å². The Morgan fingerprint density at radius 3 is 3.20 bits per heavy atom. The molecule has 3 heterocycles. The number of likely N-dealkylation sites (tertiary alicyclic amines) is 1. The van der Waals surface area contributed by atoms with E-state index < -0.39 is 0 Å². The molecule has 2 amide bonds. The average Bonchev–Trinajstić information content (AvgIpc) is 3.19. The van der Waals surface area contributed by atoms with Crippen molar-refractivity contribution in [2.24, 2.45) is 0 Å². The number of nitrogens with one attached hydrogen (secondary N) is 1. The van der Waals surface area contributed by atoms with E-state index in [4.69, 9.17) is 4.74 Å². The van der Waals surface area contributed by atoms with Crippen LogP contribution in [0.15, 0.2) is 29.1 Å². The first kappa shape index (κ1) is 13.4. The molecule has 2 aromatic rings. The smallest absolute Gasteiger partial charge is 0.317 e. The van der Waals surface area contributed by atoms with E-state index >= 15 is 0 Å². The molecule has 1 N–H and O–H groups in total. The van der Waals surface area contributed by atoms with Gasteiger partial charge in [0.2, 0.25) is 0 Å². The number of aromatic nitrogens is 1. The highest BCUT2D eigenvalue weighted by Crippen LogP contribution is 2.20. The lowest BCUT2D eigenvalue weighted by atomic mass is 10.3. The minimum absolute atomic E-state index is 0.0244. The molecular formula is C13H15N3O2S2. The van der Waals surface area contributed by atoms with Gasteiger partial charge in [0.05, 0.1) is 13.1 Å². The van der Waals surface area contributed by atoms with Gasteiger partial charge in [-0.2, -0.15) is 0 Å². The number of thiophene rings is 1. The highest BCUT2D eigenvalue weighted by atomic mass is 32.1. The van der Waals surface area contributed by atoms with Gasteiger partial charge in [-0.25, -0.2) is 9.78 Å². The molecule has 1 fully saturated rings. The Bertz CT molecular complexity index is 542. The van der Waals surface area contributed by atoms with Gasteiger partial charge in [-0.15, -0.1) is 11.3 Å². The number of carbonyl (C=O) groups is 1. The van der Waals surface area contributed by atoms with Gasteiger partial charge in [-0.3, -0.25) is 0 Å². The summed E-state index contributed by atoms with van der Waals surface area (Å²) in [4.78, 5) is 19.1. The van der Waals surface area contributed by atoms with Crippen molar-refractivity contribution < 1.29 is 9.53 Å². The van der Waals surface area contributed by atoms with Crippen LogP contribution in [0.3, 0.4) is 0 Å². The van der Waals surface area contributed by atoms with Gasteiger partial charge in [0.1, 0.15) is 6.10 Å². The summed E-state index contributed by atoms with van der Waals surface area (Å²) in [7, 11) is 0. The normalized spacial score (nSPS) is 18.2. The summed E-state index contributed by atoms with van der Waals surface area (Å²) in [5.41, 5.74) is 0. The molecule has 7 heteroatoms. The number of hydrogen-bond donors (Lipinski definition) is 1. The Morgan fingerprint density at radius 2 is 2.45 bits per heavy atom. The molecular weight excluding hydrogens is 294 g/mol. The highest BCUT2D eigenvalue weighted by Gasteiger charge is 2.27.